The Hall–Kier alpha value is -0.910. The van der Waals surface area contributed by atoms with Crippen molar-refractivity contribution in [3.05, 3.63) is 0 Å². The van der Waals surface area contributed by atoms with Gasteiger partial charge in [0.2, 0.25) is 0 Å². The normalized spacial score (nSPS) is 13.7. The summed E-state index contributed by atoms with van der Waals surface area (Å²) in [7, 11) is 0. The van der Waals surface area contributed by atoms with Crippen molar-refractivity contribution in [3.63, 3.8) is 0 Å². The highest BCUT2D eigenvalue weighted by Gasteiger charge is 2.19. The van der Waals surface area contributed by atoms with Crippen molar-refractivity contribution in [1.29, 1.82) is 0 Å². The monoisotopic (exact) mass is 276 g/mol. The van der Waals surface area contributed by atoms with Crippen LogP contribution in [0.25, 0.3) is 0 Å². The van der Waals surface area contributed by atoms with E-state index in [1.165, 1.54) is 0 Å². The predicted octanol–water partition coefficient (Wildman–Crippen LogP) is 1.93. The molecule has 0 bridgehead atoms. The number of unbranched alkanes of at least 4 members (excludes halogenated alkanes) is 1. The number of thioether (sulfide) groups is 1. The second kappa shape index (κ2) is 10.1. The number of carboxylic acids is 1. The first-order valence-electron chi connectivity index (χ1n) is 6.27. The summed E-state index contributed by atoms with van der Waals surface area (Å²) in [5.74, 6) is 0.374. The Kier molecular flexibility index (Phi) is 9.55. The van der Waals surface area contributed by atoms with E-state index in [1.54, 1.807) is 11.8 Å². The van der Waals surface area contributed by atoms with Gasteiger partial charge < -0.3 is 15.7 Å². The Labute approximate surface area is 113 Å². The molecule has 18 heavy (non-hydrogen) atoms. The zero-order chi connectivity index (χ0) is 14.0. The SMILES string of the molecule is CCCC[C@H](NC(=O)NCC(C)CSC)C(=O)O. The second-order valence-corrected chi connectivity index (χ2v) is 5.36. The van der Waals surface area contributed by atoms with E-state index < -0.39 is 18.0 Å². The number of carbonyl (C=O) groups excluding carboxylic acids is 1. The highest BCUT2D eigenvalue weighted by atomic mass is 32.2. The van der Waals surface area contributed by atoms with Crippen LogP contribution in [0.15, 0.2) is 0 Å². The maximum atomic E-state index is 11.5. The van der Waals surface area contributed by atoms with Gasteiger partial charge >= 0.3 is 12.0 Å². The quantitative estimate of drug-likeness (QED) is 0.601. The third kappa shape index (κ3) is 8.22. The summed E-state index contributed by atoms with van der Waals surface area (Å²) in [5, 5.41) is 14.2. The first-order chi connectivity index (χ1) is 8.51. The first kappa shape index (κ1) is 17.1. The van der Waals surface area contributed by atoms with Crippen molar-refractivity contribution in [3.8, 4) is 0 Å². The van der Waals surface area contributed by atoms with Crippen LogP contribution in [0.4, 0.5) is 4.79 Å². The van der Waals surface area contributed by atoms with E-state index >= 15 is 0 Å². The molecule has 0 aliphatic rings. The zero-order valence-electron chi connectivity index (χ0n) is 11.4. The van der Waals surface area contributed by atoms with Gasteiger partial charge in [-0.25, -0.2) is 9.59 Å². The Morgan fingerprint density at radius 1 is 1.39 bits per heavy atom. The van der Waals surface area contributed by atoms with Crippen molar-refractivity contribution in [1.82, 2.24) is 10.6 Å². The average molecular weight is 276 g/mol. The van der Waals surface area contributed by atoms with Crippen molar-refractivity contribution >= 4 is 23.8 Å². The summed E-state index contributed by atoms with van der Waals surface area (Å²) in [5.41, 5.74) is 0. The molecular formula is C12H24N2O3S. The van der Waals surface area contributed by atoms with Crippen molar-refractivity contribution in [2.24, 2.45) is 5.92 Å². The molecular weight excluding hydrogens is 252 g/mol. The fourth-order valence-electron chi connectivity index (χ4n) is 1.49. The van der Waals surface area contributed by atoms with Gasteiger partial charge in [0, 0.05) is 6.54 Å². The highest BCUT2D eigenvalue weighted by Crippen LogP contribution is 2.03. The molecule has 6 heteroatoms. The lowest BCUT2D eigenvalue weighted by Crippen LogP contribution is -2.47. The van der Waals surface area contributed by atoms with Gasteiger partial charge in [-0.1, -0.05) is 26.7 Å². The van der Waals surface area contributed by atoms with E-state index in [9.17, 15) is 9.59 Å². The molecule has 0 aromatic rings. The standard InChI is InChI=1S/C12H24N2O3S/c1-4-5-6-10(11(15)16)14-12(17)13-7-9(2)8-18-3/h9-10H,4-8H2,1-3H3,(H,15,16)(H2,13,14,17)/t9?,10-/m0/s1. The number of hydrogen-bond donors (Lipinski definition) is 3. The number of carbonyl (C=O) groups is 2. The number of carboxylic acid groups (broad SMARTS) is 1. The first-order valence-corrected chi connectivity index (χ1v) is 7.66. The third-order valence-electron chi connectivity index (χ3n) is 2.51. The molecule has 5 nitrogen and oxygen atoms in total. The topological polar surface area (TPSA) is 78.4 Å². The van der Waals surface area contributed by atoms with E-state index in [4.69, 9.17) is 5.11 Å². The maximum Gasteiger partial charge on any atom is 0.326 e. The minimum atomic E-state index is -0.976. The number of aliphatic carboxylic acids is 1. The Bertz CT molecular complexity index is 262. The molecule has 0 heterocycles. The number of hydrogen-bond acceptors (Lipinski definition) is 3. The van der Waals surface area contributed by atoms with E-state index in [0.29, 0.717) is 18.9 Å². The van der Waals surface area contributed by atoms with Crippen molar-refractivity contribution < 1.29 is 14.7 Å². The smallest absolute Gasteiger partial charge is 0.326 e. The molecule has 3 N–H and O–H groups in total. The number of rotatable bonds is 9. The molecule has 0 aliphatic heterocycles. The van der Waals surface area contributed by atoms with Gasteiger partial charge in [0.15, 0.2) is 0 Å². The molecule has 2 amide bonds. The van der Waals surface area contributed by atoms with Gasteiger partial charge in [-0.05, 0) is 24.3 Å². The minimum Gasteiger partial charge on any atom is -0.480 e. The fourth-order valence-corrected chi connectivity index (χ4v) is 2.17. The third-order valence-corrected chi connectivity index (χ3v) is 3.41. The summed E-state index contributed by atoms with van der Waals surface area (Å²) in [6, 6.07) is -1.19. The molecule has 0 aliphatic carbocycles. The van der Waals surface area contributed by atoms with Gasteiger partial charge in [0.1, 0.15) is 6.04 Å². The summed E-state index contributed by atoms with van der Waals surface area (Å²) >= 11 is 1.73. The molecule has 0 aromatic heterocycles. The van der Waals surface area contributed by atoms with Crippen LogP contribution in [-0.4, -0.2) is 41.7 Å². The molecule has 0 saturated heterocycles. The highest BCUT2D eigenvalue weighted by molar-refractivity contribution is 7.98. The van der Waals surface area contributed by atoms with Crippen LogP contribution in [0.1, 0.15) is 33.1 Å². The van der Waals surface area contributed by atoms with Gasteiger partial charge in [-0.15, -0.1) is 0 Å². The number of nitrogens with one attached hydrogen (secondary N) is 2. The fraction of sp³-hybridized carbons (Fsp3) is 0.833. The molecule has 0 spiro atoms. The van der Waals surface area contributed by atoms with Crippen LogP contribution in [-0.2, 0) is 4.79 Å². The summed E-state index contributed by atoms with van der Waals surface area (Å²) < 4.78 is 0. The van der Waals surface area contributed by atoms with E-state index in [-0.39, 0.29) is 0 Å². The molecule has 2 atom stereocenters. The molecule has 1 unspecified atom stereocenters. The molecule has 106 valence electrons. The van der Waals surface area contributed by atoms with Crippen LogP contribution >= 0.6 is 11.8 Å². The average Bonchev–Trinajstić information content (AvgIpc) is 2.32. The maximum absolute atomic E-state index is 11.5. The predicted molar refractivity (Wildman–Crippen MR) is 75.0 cm³/mol. The Balaban J connectivity index is 3.98. The van der Waals surface area contributed by atoms with Crippen molar-refractivity contribution in [2.75, 3.05) is 18.6 Å². The van der Waals surface area contributed by atoms with E-state index in [2.05, 4.69) is 10.6 Å². The summed E-state index contributed by atoms with van der Waals surface area (Å²) in [4.78, 5) is 22.5. The molecule has 0 rings (SSSR count). The minimum absolute atomic E-state index is 0.379. The zero-order valence-corrected chi connectivity index (χ0v) is 12.2. The van der Waals surface area contributed by atoms with Crippen LogP contribution in [0.5, 0.6) is 0 Å². The summed E-state index contributed by atoms with van der Waals surface area (Å²) in [6.45, 7) is 4.60. The lowest BCUT2D eigenvalue weighted by molar-refractivity contribution is -0.139. The Morgan fingerprint density at radius 3 is 2.56 bits per heavy atom. The lowest BCUT2D eigenvalue weighted by atomic mass is 10.1. The van der Waals surface area contributed by atoms with Crippen LogP contribution < -0.4 is 10.6 Å². The van der Waals surface area contributed by atoms with Gasteiger partial charge in [-0.3, -0.25) is 0 Å². The van der Waals surface area contributed by atoms with E-state index in [1.807, 2.05) is 20.1 Å². The van der Waals surface area contributed by atoms with E-state index in [0.717, 1.165) is 18.6 Å². The van der Waals surface area contributed by atoms with Crippen molar-refractivity contribution in [2.45, 2.75) is 39.2 Å². The van der Waals surface area contributed by atoms with Gasteiger partial charge in [0.05, 0.1) is 0 Å². The molecule has 0 saturated carbocycles. The van der Waals surface area contributed by atoms with Gasteiger partial charge in [0.25, 0.3) is 0 Å². The number of amides is 2. The van der Waals surface area contributed by atoms with Gasteiger partial charge in [-0.2, -0.15) is 11.8 Å². The Morgan fingerprint density at radius 2 is 2.06 bits per heavy atom. The molecule has 0 radical (unpaired) electrons. The lowest BCUT2D eigenvalue weighted by Gasteiger charge is -2.16. The summed E-state index contributed by atoms with van der Waals surface area (Å²) in [6.07, 6.45) is 4.19. The van der Waals surface area contributed by atoms with Crippen LogP contribution in [0.2, 0.25) is 0 Å². The second-order valence-electron chi connectivity index (χ2n) is 4.45. The molecule has 0 aromatic carbocycles. The number of urea groups is 1. The largest absolute Gasteiger partial charge is 0.480 e. The molecule has 0 fully saturated rings. The van der Waals surface area contributed by atoms with Crippen LogP contribution in [0.3, 0.4) is 0 Å². The van der Waals surface area contributed by atoms with Crippen LogP contribution in [0, 0.1) is 5.92 Å².